The van der Waals surface area contributed by atoms with Gasteiger partial charge in [0.2, 0.25) is 0 Å². The fourth-order valence-electron chi connectivity index (χ4n) is 2.84. The van der Waals surface area contributed by atoms with Crippen LogP contribution in [-0.2, 0) is 6.42 Å². The van der Waals surface area contributed by atoms with E-state index in [9.17, 15) is 14.9 Å². The molecule has 0 fully saturated rings. The number of benzene rings is 2. The van der Waals surface area contributed by atoms with Gasteiger partial charge in [0.25, 0.3) is 11.6 Å². The first kappa shape index (κ1) is 21.4. The lowest BCUT2D eigenvalue weighted by Crippen LogP contribution is -2.11. The standard InChI is InChI=1S/C22H23N3O4S/c1-2-3-4-12-29-19-10-8-17(9-11-19)21(26)24-22-23-15-20(30-22)14-16-6-5-7-18(13-16)25(27)28/h5-11,13,15H,2-4,12,14H2,1H3,(H,23,24,26). The van der Waals surface area contributed by atoms with Crippen molar-refractivity contribution >= 4 is 28.1 Å². The van der Waals surface area contributed by atoms with Crippen LogP contribution in [0.3, 0.4) is 0 Å². The minimum Gasteiger partial charge on any atom is -0.494 e. The molecule has 1 heterocycles. The highest BCUT2D eigenvalue weighted by atomic mass is 32.1. The van der Waals surface area contributed by atoms with E-state index < -0.39 is 4.92 Å². The molecule has 1 aromatic heterocycles. The van der Waals surface area contributed by atoms with Gasteiger partial charge in [-0.15, -0.1) is 11.3 Å². The molecule has 0 atom stereocenters. The number of rotatable bonds is 10. The van der Waals surface area contributed by atoms with Crippen LogP contribution in [0.1, 0.15) is 47.0 Å². The van der Waals surface area contributed by atoms with Crippen molar-refractivity contribution in [3.63, 3.8) is 0 Å². The number of anilines is 1. The summed E-state index contributed by atoms with van der Waals surface area (Å²) in [7, 11) is 0. The molecule has 0 radical (unpaired) electrons. The number of nitrogens with zero attached hydrogens (tertiary/aromatic N) is 2. The third-order valence-electron chi connectivity index (χ3n) is 4.41. The van der Waals surface area contributed by atoms with Gasteiger partial charge in [0.15, 0.2) is 5.13 Å². The number of unbranched alkanes of at least 4 members (excludes halogenated alkanes) is 2. The molecule has 3 aromatic rings. The third-order valence-corrected chi connectivity index (χ3v) is 5.32. The summed E-state index contributed by atoms with van der Waals surface area (Å²) in [5, 5.41) is 14.2. The van der Waals surface area contributed by atoms with Gasteiger partial charge < -0.3 is 4.74 Å². The Balaban J connectivity index is 1.55. The summed E-state index contributed by atoms with van der Waals surface area (Å²) in [6.45, 7) is 2.82. The second-order valence-corrected chi connectivity index (χ2v) is 7.88. The maximum atomic E-state index is 12.5. The molecule has 1 N–H and O–H groups in total. The predicted molar refractivity (Wildman–Crippen MR) is 117 cm³/mol. The quantitative estimate of drug-likeness (QED) is 0.264. The molecule has 7 nitrogen and oxygen atoms in total. The smallest absolute Gasteiger partial charge is 0.269 e. The van der Waals surface area contributed by atoms with Crippen LogP contribution in [0.25, 0.3) is 0 Å². The molecule has 0 bridgehead atoms. The third kappa shape index (κ3) is 6.12. The van der Waals surface area contributed by atoms with Crippen molar-refractivity contribution in [3.8, 4) is 5.75 Å². The molecular formula is C22H23N3O4S. The number of carbonyl (C=O) groups is 1. The second kappa shape index (κ2) is 10.5. The van der Waals surface area contributed by atoms with E-state index >= 15 is 0 Å². The topological polar surface area (TPSA) is 94.4 Å². The largest absolute Gasteiger partial charge is 0.494 e. The molecule has 0 saturated carbocycles. The zero-order valence-electron chi connectivity index (χ0n) is 16.7. The highest BCUT2D eigenvalue weighted by Crippen LogP contribution is 2.24. The van der Waals surface area contributed by atoms with Crippen molar-refractivity contribution in [2.75, 3.05) is 11.9 Å². The number of ether oxygens (including phenoxy) is 1. The van der Waals surface area contributed by atoms with Gasteiger partial charge in [-0.25, -0.2) is 4.98 Å². The summed E-state index contributed by atoms with van der Waals surface area (Å²) in [6.07, 6.45) is 5.48. The van der Waals surface area contributed by atoms with Crippen LogP contribution < -0.4 is 10.1 Å². The molecule has 0 spiro atoms. The van der Waals surface area contributed by atoms with Crippen LogP contribution in [0.5, 0.6) is 5.75 Å². The summed E-state index contributed by atoms with van der Waals surface area (Å²) in [6, 6.07) is 13.5. The van der Waals surface area contributed by atoms with Crippen LogP contribution in [0.4, 0.5) is 10.8 Å². The number of nitrogens with one attached hydrogen (secondary N) is 1. The maximum Gasteiger partial charge on any atom is 0.269 e. The van der Waals surface area contributed by atoms with E-state index in [4.69, 9.17) is 4.74 Å². The Bertz CT molecular complexity index is 1000. The van der Waals surface area contributed by atoms with Crippen molar-refractivity contribution in [2.45, 2.75) is 32.6 Å². The molecule has 156 valence electrons. The number of nitro benzene ring substituents is 1. The molecule has 30 heavy (non-hydrogen) atoms. The fraction of sp³-hybridized carbons (Fsp3) is 0.273. The first-order chi connectivity index (χ1) is 14.5. The molecule has 1 amide bonds. The summed E-state index contributed by atoms with van der Waals surface area (Å²) in [5.41, 5.74) is 1.40. The number of hydrogen-bond acceptors (Lipinski definition) is 6. The number of amides is 1. The number of nitro groups is 1. The Kier molecular flexibility index (Phi) is 7.51. The first-order valence-corrected chi connectivity index (χ1v) is 10.6. The van der Waals surface area contributed by atoms with Gasteiger partial charge in [-0.1, -0.05) is 31.9 Å². The Labute approximate surface area is 178 Å². The number of aromatic nitrogens is 1. The van der Waals surface area contributed by atoms with Crippen molar-refractivity contribution in [3.05, 3.63) is 80.8 Å². The van der Waals surface area contributed by atoms with Gasteiger partial charge in [-0.2, -0.15) is 0 Å². The minimum absolute atomic E-state index is 0.0586. The van der Waals surface area contributed by atoms with Crippen LogP contribution in [0.15, 0.2) is 54.7 Å². The lowest BCUT2D eigenvalue weighted by atomic mass is 10.1. The fourth-order valence-corrected chi connectivity index (χ4v) is 3.68. The van der Waals surface area contributed by atoms with E-state index in [2.05, 4.69) is 17.2 Å². The number of hydrogen-bond donors (Lipinski definition) is 1. The lowest BCUT2D eigenvalue weighted by molar-refractivity contribution is -0.384. The van der Waals surface area contributed by atoms with Crippen LogP contribution in [0, 0.1) is 10.1 Å². The SMILES string of the molecule is CCCCCOc1ccc(C(=O)Nc2ncc(Cc3cccc([N+](=O)[O-])c3)s2)cc1. The average Bonchev–Trinajstić information content (AvgIpc) is 3.18. The molecule has 2 aromatic carbocycles. The summed E-state index contributed by atoms with van der Waals surface area (Å²) in [5.74, 6) is 0.500. The van der Waals surface area contributed by atoms with E-state index in [1.165, 1.54) is 17.4 Å². The Morgan fingerprint density at radius 2 is 2.00 bits per heavy atom. The Morgan fingerprint density at radius 1 is 1.20 bits per heavy atom. The first-order valence-electron chi connectivity index (χ1n) is 9.77. The van der Waals surface area contributed by atoms with Gasteiger partial charge in [-0.05, 0) is 36.2 Å². The predicted octanol–water partition coefficient (Wildman–Crippen LogP) is 5.46. The molecule has 0 aliphatic carbocycles. The molecule has 3 rings (SSSR count). The van der Waals surface area contributed by atoms with Crippen molar-refractivity contribution in [2.24, 2.45) is 0 Å². The minimum atomic E-state index is -0.413. The molecule has 0 aliphatic heterocycles. The Morgan fingerprint density at radius 3 is 2.73 bits per heavy atom. The highest BCUT2D eigenvalue weighted by Gasteiger charge is 2.11. The normalized spacial score (nSPS) is 10.6. The van der Waals surface area contributed by atoms with E-state index in [0.29, 0.717) is 23.7 Å². The Hall–Kier alpha value is -3.26. The van der Waals surface area contributed by atoms with Gasteiger partial charge in [-0.3, -0.25) is 20.2 Å². The van der Waals surface area contributed by atoms with Crippen molar-refractivity contribution in [1.29, 1.82) is 0 Å². The van der Waals surface area contributed by atoms with Crippen molar-refractivity contribution < 1.29 is 14.5 Å². The number of thiazole rings is 1. The summed E-state index contributed by atoms with van der Waals surface area (Å²) in [4.78, 5) is 28.1. The molecule has 0 aliphatic rings. The molecule has 0 saturated heterocycles. The van der Waals surface area contributed by atoms with Gasteiger partial charge in [0.1, 0.15) is 5.75 Å². The zero-order chi connectivity index (χ0) is 21.3. The monoisotopic (exact) mass is 425 g/mol. The zero-order valence-corrected chi connectivity index (χ0v) is 17.5. The van der Waals surface area contributed by atoms with Crippen LogP contribution in [-0.4, -0.2) is 22.4 Å². The second-order valence-electron chi connectivity index (χ2n) is 6.77. The highest BCUT2D eigenvalue weighted by molar-refractivity contribution is 7.15. The van der Waals surface area contributed by atoms with E-state index in [-0.39, 0.29) is 11.6 Å². The van der Waals surface area contributed by atoms with Gasteiger partial charge in [0.05, 0.1) is 11.5 Å². The van der Waals surface area contributed by atoms with Gasteiger partial charge in [0, 0.05) is 35.2 Å². The number of non-ortho nitro benzene ring substituents is 1. The van der Waals surface area contributed by atoms with E-state index in [0.717, 1.165) is 35.5 Å². The number of carbonyl (C=O) groups excluding carboxylic acids is 1. The van der Waals surface area contributed by atoms with E-state index in [1.54, 1.807) is 42.6 Å². The van der Waals surface area contributed by atoms with Crippen LogP contribution in [0.2, 0.25) is 0 Å². The summed E-state index contributed by atoms with van der Waals surface area (Å²) >= 11 is 1.35. The molecular weight excluding hydrogens is 402 g/mol. The summed E-state index contributed by atoms with van der Waals surface area (Å²) < 4.78 is 5.66. The average molecular weight is 426 g/mol. The maximum absolute atomic E-state index is 12.5. The van der Waals surface area contributed by atoms with Crippen molar-refractivity contribution in [1.82, 2.24) is 4.98 Å². The van der Waals surface area contributed by atoms with Crippen LogP contribution >= 0.6 is 11.3 Å². The lowest BCUT2D eigenvalue weighted by Gasteiger charge is -2.06. The molecule has 8 heteroatoms. The molecule has 0 unspecified atom stereocenters. The van der Waals surface area contributed by atoms with E-state index in [1.807, 2.05) is 6.07 Å². The van der Waals surface area contributed by atoms with Gasteiger partial charge >= 0.3 is 0 Å².